The second-order valence-corrected chi connectivity index (χ2v) is 16.5. The van der Waals surface area contributed by atoms with Crippen molar-refractivity contribution in [2.75, 3.05) is 26.2 Å². The lowest BCUT2D eigenvalue weighted by Gasteiger charge is -2.34. The van der Waals surface area contributed by atoms with E-state index in [2.05, 4.69) is 10.3 Å². The van der Waals surface area contributed by atoms with Crippen LogP contribution in [0.3, 0.4) is 0 Å². The van der Waals surface area contributed by atoms with Crippen molar-refractivity contribution >= 4 is 44.9 Å². The molecule has 1 unspecified atom stereocenters. The van der Waals surface area contributed by atoms with Crippen LogP contribution < -0.4 is 5.32 Å². The number of carbonyl (C=O) groups excluding carboxylic acids is 2. The normalized spacial score (nSPS) is 15.9. The van der Waals surface area contributed by atoms with Gasteiger partial charge in [0.25, 0.3) is 0 Å². The van der Waals surface area contributed by atoms with Crippen molar-refractivity contribution in [3.8, 4) is 5.75 Å². The van der Waals surface area contributed by atoms with Crippen LogP contribution in [0.2, 0.25) is 5.02 Å². The molecule has 3 aromatic rings. The Balaban J connectivity index is 1.60. The lowest BCUT2D eigenvalue weighted by atomic mass is 9.97. The minimum Gasteiger partial charge on any atom is -0.506 e. The molecule has 48 heavy (non-hydrogen) atoms. The van der Waals surface area contributed by atoms with Crippen LogP contribution in [0.5, 0.6) is 5.75 Å². The number of benzene rings is 2. The first-order valence-corrected chi connectivity index (χ1v) is 18.8. The second-order valence-electron chi connectivity index (χ2n) is 13.1. The molecule has 1 aromatic heterocycles. The van der Waals surface area contributed by atoms with Gasteiger partial charge in [0.05, 0.1) is 39.3 Å². The van der Waals surface area contributed by atoms with Gasteiger partial charge in [-0.2, -0.15) is 4.31 Å². The Hall–Kier alpha value is -3.23. The van der Waals surface area contributed by atoms with E-state index in [0.29, 0.717) is 25.2 Å². The number of halogens is 1. The first-order chi connectivity index (χ1) is 22.6. The van der Waals surface area contributed by atoms with Gasteiger partial charge in [0, 0.05) is 31.6 Å². The van der Waals surface area contributed by atoms with Crippen molar-refractivity contribution in [1.82, 2.24) is 24.4 Å². The van der Waals surface area contributed by atoms with Crippen LogP contribution in [-0.4, -0.2) is 94.0 Å². The van der Waals surface area contributed by atoms with Gasteiger partial charge in [-0.15, -0.1) is 11.3 Å². The zero-order valence-corrected chi connectivity index (χ0v) is 30.6. The molecule has 1 aliphatic rings. The number of hydrogen-bond acceptors (Lipinski definition) is 8. The van der Waals surface area contributed by atoms with Gasteiger partial charge in [-0.1, -0.05) is 69.6 Å². The number of aliphatic hydroxyl groups excluding tert-OH is 1. The third kappa shape index (κ3) is 9.06. The Morgan fingerprint density at radius 3 is 2.40 bits per heavy atom. The maximum absolute atomic E-state index is 14.1. The number of aromatic hydroxyl groups is 1. The Bertz CT molecular complexity index is 1680. The molecule has 14 heteroatoms. The van der Waals surface area contributed by atoms with E-state index >= 15 is 0 Å². The van der Waals surface area contributed by atoms with Crippen molar-refractivity contribution in [3.05, 3.63) is 74.7 Å². The molecule has 2 heterocycles. The number of sulfonamides is 1. The molecule has 0 bridgehead atoms. The Labute approximate surface area is 292 Å². The highest BCUT2D eigenvalue weighted by molar-refractivity contribution is 7.89. The Morgan fingerprint density at radius 1 is 1.10 bits per heavy atom. The molecule has 1 fully saturated rings. The summed E-state index contributed by atoms with van der Waals surface area (Å²) in [5.74, 6) is -0.995. The molecule has 0 spiro atoms. The third-order valence-electron chi connectivity index (χ3n) is 8.29. The minimum absolute atomic E-state index is 0.0772. The first kappa shape index (κ1) is 37.6. The molecule has 3 N–H and O–H groups in total. The summed E-state index contributed by atoms with van der Waals surface area (Å²) in [6.45, 7) is 11.9. The van der Waals surface area contributed by atoms with Crippen molar-refractivity contribution in [1.29, 1.82) is 0 Å². The molecule has 2 aromatic carbocycles. The standard InChI is InChI=1S/C34H46ClN5O6S2/c1-21(2)17-39(48(45,46)31-16-27(35)29(41)14-23(31)5)19-30(42)28(15-25-10-8-7-9-11-25)37-33(43)32(22(3)4)40-13-12-38(34(40)44)18-26-20-47-24(6)36-26/h7-11,14,16,20-22,28,30,32,41-42H,12-13,15,17-19H2,1-6H3,(H,37,43)/t28-,30+,32?/m0/s1. The predicted octanol–water partition coefficient (Wildman–Crippen LogP) is 4.82. The first-order valence-electron chi connectivity index (χ1n) is 16.1. The number of carbonyl (C=O) groups is 2. The van der Waals surface area contributed by atoms with Gasteiger partial charge in [-0.3, -0.25) is 4.79 Å². The highest BCUT2D eigenvalue weighted by Gasteiger charge is 2.41. The van der Waals surface area contributed by atoms with Gasteiger partial charge in [0.2, 0.25) is 15.9 Å². The summed E-state index contributed by atoms with van der Waals surface area (Å²) < 4.78 is 29.2. The average Bonchev–Trinajstić information content (AvgIpc) is 3.58. The number of hydrogen-bond donors (Lipinski definition) is 3. The van der Waals surface area contributed by atoms with Crippen molar-refractivity contribution in [2.45, 2.75) is 77.6 Å². The van der Waals surface area contributed by atoms with E-state index in [0.717, 1.165) is 16.3 Å². The molecule has 1 saturated heterocycles. The number of aryl methyl sites for hydroxylation is 2. The summed E-state index contributed by atoms with van der Waals surface area (Å²) in [4.78, 5) is 35.3. The number of phenolic OH excluding ortho intramolecular Hbond substituents is 1. The van der Waals surface area contributed by atoms with Gasteiger partial charge < -0.3 is 25.3 Å². The topological polar surface area (TPSA) is 143 Å². The van der Waals surface area contributed by atoms with E-state index in [9.17, 15) is 28.2 Å². The summed E-state index contributed by atoms with van der Waals surface area (Å²) in [7, 11) is -4.17. The molecule has 0 aliphatic carbocycles. The summed E-state index contributed by atoms with van der Waals surface area (Å²) in [5, 5.41) is 27.5. The number of thiazole rings is 1. The summed E-state index contributed by atoms with van der Waals surface area (Å²) in [5.41, 5.74) is 1.95. The number of nitrogens with zero attached hydrogens (tertiary/aromatic N) is 4. The number of urea groups is 1. The zero-order valence-electron chi connectivity index (χ0n) is 28.3. The number of rotatable bonds is 15. The van der Waals surface area contributed by atoms with E-state index in [1.807, 2.05) is 70.3 Å². The molecule has 4 rings (SSSR count). The molecule has 11 nitrogen and oxygen atoms in total. The lowest BCUT2D eigenvalue weighted by Crippen LogP contribution is -2.57. The largest absolute Gasteiger partial charge is 0.506 e. The van der Waals surface area contributed by atoms with E-state index in [1.54, 1.807) is 16.7 Å². The second kappa shape index (κ2) is 16.0. The van der Waals surface area contributed by atoms with E-state index in [-0.39, 0.29) is 53.0 Å². The monoisotopic (exact) mass is 719 g/mol. The molecule has 3 atom stereocenters. The predicted molar refractivity (Wildman–Crippen MR) is 188 cm³/mol. The highest BCUT2D eigenvalue weighted by Crippen LogP contribution is 2.31. The van der Waals surface area contributed by atoms with Gasteiger partial charge in [0.15, 0.2) is 0 Å². The molecule has 0 radical (unpaired) electrons. The molecule has 0 saturated carbocycles. The van der Waals surface area contributed by atoms with Crippen LogP contribution in [0.15, 0.2) is 52.7 Å². The quantitative estimate of drug-likeness (QED) is 0.205. The van der Waals surface area contributed by atoms with Crippen molar-refractivity contribution in [2.24, 2.45) is 11.8 Å². The van der Waals surface area contributed by atoms with Crippen LogP contribution in [0, 0.1) is 25.7 Å². The average molecular weight is 720 g/mol. The van der Waals surface area contributed by atoms with Gasteiger partial charge in [-0.25, -0.2) is 18.2 Å². The van der Waals surface area contributed by atoms with Crippen molar-refractivity contribution < 1.29 is 28.2 Å². The number of amides is 3. The number of aromatic nitrogens is 1. The summed E-state index contributed by atoms with van der Waals surface area (Å²) in [6.07, 6.45) is -1.09. The number of nitrogens with one attached hydrogen (secondary N) is 1. The van der Waals surface area contributed by atoms with E-state index < -0.39 is 34.1 Å². The molecule has 3 amide bonds. The fourth-order valence-electron chi connectivity index (χ4n) is 5.99. The number of aliphatic hydroxyl groups is 1. The third-order valence-corrected chi connectivity index (χ3v) is 11.4. The van der Waals surface area contributed by atoms with Crippen LogP contribution >= 0.6 is 22.9 Å². The molecule has 1 aliphatic heterocycles. The highest BCUT2D eigenvalue weighted by atomic mass is 35.5. The molecule has 262 valence electrons. The SMILES string of the molecule is Cc1nc(CN2CCN(C(C(=O)N[C@@H](Cc3ccccc3)[C@H](O)CN(CC(C)C)S(=O)(=O)c3cc(Cl)c(O)cc3C)C(C)C)C2=O)cs1. The number of phenols is 1. The van der Waals surface area contributed by atoms with Crippen LogP contribution in [0.4, 0.5) is 4.79 Å². The van der Waals surface area contributed by atoms with Gasteiger partial charge >= 0.3 is 6.03 Å². The Morgan fingerprint density at radius 2 is 1.79 bits per heavy atom. The molecular formula is C34H46ClN5O6S2. The maximum Gasteiger partial charge on any atom is 0.321 e. The van der Waals surface area contributed by atoms with Crippen LogP contribution in [-0.2, 0) is 27.8 Å². The fraction of sp³-hybridized carbons (Fsp3) is 0.500. The summed E-state index contributed by atoms with van der Waals surface area (Å²) >= 11 is 7.63. The smallest absolute Gasteiger partial charge is 0.321 e. The van der Waals surface area contributed by atoms with E-state index in [1.165, 1.54) is 27.8 Å². The minimum atomic E-state index is -4.17. The van der Waals surface area contributed by atoms with Gasteiger partial charge in [0.1, 0.15) is 11.8 Å². The van der Waals surface area contributed by atoms with Crippen molar-refractivity contribution in [3.63, 3.8) is 0 Å². The van der Waals surface area contributed by atoms with Gasteiger partial charge in [-0.05, 0) is 55.4 Å². The van der Waals surface area contributed by atoms with E-state index in [4.69, 9.17) is 11.6 Å². The maximum atomic E-state index is 14.1. The molecular weight excluding hydrogens is 674 g/mol. The van der Waals surface area contributed by atoms with Crippen LogP contribution in [0.25, 0.3) is 0 Å². The zero-order chi connectivity index (χ0) is 35.3. The summed E-state index contributed by atoms with van der Waals surface area (Å²) in [6, 6.07) is 9.86. The fourth-order valence-corrected chi connectivity index (χ4v) is 8.67. The van der Waals surface area contributed by atoms with Crippen LogP contribution in [0.1, 0.15) is 49.5 Å². The lowest BCUT2D eigenvalue weighted by molar-refractivity contribution is -0.128. The Kier molecular flexibility index (Phi) is 12.5.